The Morgan fingerprint density at radius 3 is 2.43 bits per heavy atom. The Hall–Kier alpha value is -3.52. The van der Waals surface area contributed by atoms with Crippen molar-refractivity contribution in [1.29, 1.82) is 0 Å². The van der Waals surface area contributed by atoms with Gasteiger partial charge in [0.05, 0.1) is 12.2 Å². The van der Waals surface area contributed by atoms with Gasteiger partial charge < -0.3 is 10.1 Å². The van der Waals surface area contributed by atoms with Gasteiger partial charge in [0.15, 0.2) is 6.61 Å². The Morgan fingerprint density at radius 2 is 1.73 bits per heavy atom. The Labute approximate surface area is 177 Å². The van der Waals surface area contributed by atoms with Crippen LogP contribution in [0.5, 0.6) is 5.75 Å². The number of rotatable bonds is 6. The van der Waals surface area contributed by atoms with Gasteiger partial charge in [-0.2, -0.15) is 9.61 Å². The lowest BCUT2D eigenvalue weighted by atomic mass is 10.2. The van der Waals surface area contributed by atoms with E-state index in [1.807, 2.05) is 62.4 Å². The predicted octanol–water partition coefficient (Wildman–Crippen LogP) is 3.13. The molecule has 2 heterocycles. The Morgan fingerprint density at radius 1 is 1.07 bits per heavy atom. The van der Waals surface area contributed by atoms with Crippen LogP contribution in [0.1, 0.15) is 16.8 Å². The van der Waals surface area contributed by atoms with E-state index >= 15 is 0 Å². The molecule has 0 fully saturated rings. The third-order valence-corrected chi connectivity index (χ3v) is 5.41. The number of aromatic nitrogens is 3. The van der Waals surface area contributed by atoms with Gasteiger partial charge in [-0.1, -0.05) is 58.9 Å². The quantitative estimate of drug-likeness (QED) is 0.518. The third-order valence-electron chi connectivity index (χ3n) is 4.45. The van der Waals surface area contributed by atoms with E-state index in [4.69, 9.17) is 4.74 Å². The van der Waals surface area contributed by atoms with Crippen LogP contribution in [0.15, 0.2) is 59.4 Å². The van der Waals surface area contributed by atoms with E-state index in [-0.39, 0.29) is 24.6 Å². The van der Waals surface area contributed by atoms with Gasteiger partial charge in [-0.3, -0.25) is 9.59 Å². The molecular weight excluding hydrogens is 400 g/mol. The summed E-state index contributed by atoms with van der Waals surface area (Å²) in [6.45, 7) is 4.03. The van der Waals surface area contributed by atoms with Crippen molar-refractivity contribution in [3.63, 3.8) is 0 Å². The van der Waals surface area contributed by atoms with E-state index in [1.165, 1.54) is 21.9 Å². The standard InChI is InChI=1S/C22H20N4O3S/c1-14-3-7-16(8-4-14)21-25-26-20(28)11-17(24-22(26)30-21)12-23-19(27)13-29-18-9-5-15(2)6-10-18/h3-11H,12-13H2,1-2H3,(H,23,27). The second kappa shape index (κ2) is 8.46. The summed E-state index contributed by atoms with van der Waals surface area (Å²) in [5.74, 6) is 0.337. The maximum absolute atomic E-state index is 12.4. The fraction of sp³-hybridized carbons (Fsp3) is 0.182. The zero-order chi connectivity index (χ0) is 21.1. The van der Waals surface area contributed by atoms with Crippen LogP contribution in [0.2, 0.25) is 0 Å². The monoisotopic (exact) mass is 420 g/mol. The molecular formula is C22H20N4O3S. The first-order valence-corrected chi connectivity index (χ1v) is 10.2. The van der Waals surface area contributed by atoms with Crippen LogP contribution < -0.4 is 15.6 Å². The summed E-state index contributed by atoms with van der Waals surface area (Å²) in [4.78, 5) is 29.4. The Bertz CT molecular complexity index is 1240. The highest BCUT2D eigenvalue weighted by Crippen LogP contribution is 2.24. The van der Waals surface area contributed by atoms with Gasteiger partial charge in [0.25, 0.3) is 11.5 Å². The van der Waals surface area contributed by atoms with E-state index in [2.05, 4.69) is 15.4 Å². The fourth-order valence-corrected chi connectivity index (χ4v) is 3.71. The molecule has 152 valence electrons. The van der Waals surface area contributed by atoms with Gasteiger partial charge in [-0.15, -0.1) is 0 Å². The molecule has 7 nitrogen and oxygen atoms in total. The van der Waals surface area contributed by atoms with Gasteiger partial charge in [0.2, 0.25) is 4.96 Å². The molecule has 0 bridgehead atoms. The minimum atomic E-state index is -0.290. The number of aryl methyl sites for hydroxylation is 2. The fourth-order valence-electron chi connectivity index (χ4n) is 2.78. The molecule has 0 atom stereocenters. The lowest BCUT2D eigenvalue weighted by molar-refractivity contribution is -0.123. The van der Waals surface area contributed by atoms with E-state index in [1.54, 1.807) is 0 Å². The number of carbonyl (C=O) groups excluding carboxylic acids is 1. The van der Waals surface area contributed by atoms with Crippen LogP contribution >= 0.6 is 11.3 Å². The maximum Gasteiger partial charge on any atom is 0.275 e. The molecule has 8 heteroatoms. The first kappa shape index (κ1) is 19.8. The second-order valence-corrected chi connectivity index (χ2v) is 7.89. The van der Waals surface area contributed by atoms with Crippen LogP contribution in [-0.4, -0.2) is 27.1 Å². The summed E-state index contributed by atoms with van der Waals surface area (Å²) in [5, 5.41) is 7.81. The molecule has 30 heavy (non-hydrogen) atoms. The molecule has 4 aromatic rings. The lowest BCUT2D eigenvalue weighted by Gasteiger charge is -2.07. The van der Waals surface area contributed by atoms with Crippen LogP contribution in [0.4, 0.5) is 0 Å². The summed E-state index contributed by atoms with van der Waals surface area (Å²) in [7, 11) is 0. The number of nitrogens with zero attached hydrogens (tertiary/aromatic N) is 3. The van der Waals surface area contributed by atoms with E-state index in [9.17, 15) is 9.59 Å². The zero-order valence-corrected chi connectivity index (χ0v) is 17.4. The average molecular weight is 420 g/mol. The largest absolute Gasteiger partial charge is 0.484 e. The third kappa shape index (κ3) is 4.55. The van der Waals surface area contributed by atoms with E-state index in [0.29, 0.717) is 21.4 Å². The van der Waals surface area contributed by atoms with Gasteiger partial charge in [0.1, 0.15) is 10.8 Å². The number of benzene rings is 2. The number of ether oxygens (including phenoxy) is 1. The number of hydrogen-bond donors (Lipinski definition) is 1. The van der Waals surface area contributed by atoms with Crippen molar-refractivity contribution in [2.24, 2.45) is 0 Å². The molecule has 0 aliphatic heterocycles. The maximum atomic E-state index is 12.4. The first-order chi connectivity index (χ1) is 14.5. The van der Waals surface area contributed by atoms with E-state index in [0.717, 1.165) is 16.7 Å². The number of nitrogens with one attached hydrogen (secondary N) is 1. The smallest absolute Gasteiger partial charge is 0.275 e. The first-order valence-electron chi connectivity index (χ1n) is 9.41. The Balaban J connectivity index is 1.42. The molecule has 0 aliphatic rings. The van der Waals surface area contributed by atoms with Gasteiger partial charge in [0, 0.05) is 11.6 Å². The number of carbonyl (C=O) groups is 1. The SMILES string of the molecule is Cc1ccc(OCC(=O)NCc2cc(=O)n3nc(-c4ccc(C)cc4)sc3n2)cc1. The molecule has 0 radical (unpaired) electrons. The predicted molar refractivity (Wildman–Crippen MR) is 116 cm³/mol. The van der Waals surface area contributed by atoms with E-state index < -0.39 is 0 Å². The van der Waals surface area contributed by atoms with Crippen molar-refractivity contribution in [2.75, 3.05) is 6.61 Å². The van der Waals surface area contributed by atoms with Crippen molar-refractivity contribution in [2.45, 2.75) is 20.4 Å². The highest BCUT2D eigenvalue weighted by molar-refractivity contribution is 7.19. The highest BCUT2D eigenvalue weighted by Gasteiger charge is 2.11. The van der Waals surface area contributed by atoms with Crippen LogP contribution in [0.3, 0.4) is 0 Å². The van der Waals surface area contributed by atoms with Crippen molar-refractivity contribution in [3.8, 4) is 16.3 Å². The normalized spacial score (nSPS) is 10.9. The molecule has 1 N–H and O–H groups in total. The zero-order valence-electron chi connectivity index (χ0n) is 16.6. The minimum absolute atomic E-state index is 0.109. The van der Waals surface area contributed by atoms with Gasteiger partial charge >= 0.3 is 0 Å². The van der Waals surface area contributed by atoms with Crippen molar-refractivity contribution in [1.82, 2.24) is 19.9 Å². The molecule has 0 saturated heterocycles. The second-order valence-electron chi connectivity index (χ2n) is 6.93. The van der Waals surface area contributed by atoms with Crippen molar-refractivity contribution >= 4 is 22.2 Å². The Kier molecular flexibility index (Phi) is 5.58. The van der Waals surface area contributed by atoms with Crippen molar-refractivity contribution < 1.29 is 9.53 Å². The van der Waals surface area contributed by atoms with Gasteiger partial charge in [-0.25, -0.2) is 4.98 Å². The molecule has 2 aromatic heterocycles. The summed E-state index contributed by atoms with van der Waals surface area (Å²) in [6, 6.07) is 16.8. The van der Waals surface area contributed by atoms with Crippen LogP contribution in [0.25, 0.3) is 15.5 Å². The van der Waals surface area contributed by atoms with Crippen molar-refractivity contribution in [3.05, 3.63) is 81.8 Å². The van der Waals surface area contributed by atoms with Crippen LogP contribution in [0, 0.1) is 13.8 Å². The number of hydrogen-bond acceptors (Lipinski definition) is 6. The molecule has 0 spiro atoms. The lowest BCUT2D eigenvalue weighted by Crippen LogP contribution is -2.29. The molecule has 0 aliphatic carbocycles. The summed E-state index contributed by atoms with van der Waals surface area (Å²) in [5.41, 5.74) is 3.39. The number of amides is 1. The summed E-state index contributed by atoms with van der Waals surface area (Å²) >= 11 is 1.33. The topological polar surface area (TPSA) is 85.6 Å². The van der Waals surface area contributed by atoms with Crippen LogP contribution in [-0.2, 0) is 11.3 Å². The minimum Gasteiger partial charge on any atom is -0.484 e. The highest BCUT2D eigenvalue weighted by atomic mass is 32.1. The summed E-state index contributed by atoms with van der Waals surface area (Å²) < 4.78 is 6.74. The molecule has 4 rings (SSSR count). The molecule has 0 saturated carbocycles. The molecule has 1 amide bonds. The molecule has 0 unspecified atom stereocenters. The summed E-state index contributed by atoms with van der Waals surface area (Å²) in [6.07, 6.45) is 0. The number of fused-ring (bicyclic) bond motifs is 1. The average Bonchev–Trinajstić information content (AvgIpc) is 3.17. The van der Waals surface area contributed by atoms with Gasteiger partial charge in [-0.05, 0) is 26.0 Å². The molecule has 2 aromatic carbocycles.